The van der Waals surface area contributed by atoms with E-state index in [9.17, 15) is 9.59 Å². The molecular weight excluding hydrogens is 236 g/mol. The Balaban J connectivity index is 2.66. The number of methoxy groups -OCH3 is 1. The Labute approximate surface area is 103 Å². The molecule has 0 aliphatic carbocycles. The lowest BCUT2D eigenvalue weighted by Gasteiger charge is -2.08. The quantitative estimate of drug-likeness (QED) is 0.838. The molecule has 0 spiro atoms. The van der Waals surface area contributed by atoms with Crippen LogP contribution in [0, 0.1) is 0 Å². The summed E-state index contributed by atoms with van der Waals surface area (Å²) in [6.45, 7) is 0. The van der Waals surface area contributed by atoms with Crippen LogP contribution in [-0.2, 0) is 0 Å². The van der Waals surface area contributed by atoms with Crippen LogP contribution >= 0.6 is 0 Å². The molecule has 2 rings (SSSR count). The van der Waals surface area contributed by atoms with E-state index in [-0.39, 0.29) is 17.1 Å². The van der Waals surface area contributed by atoms with Crippen molar-refractivity contribution in [3.63, 3.8) is 0 Å². The molecule has 1 aromatic carbocycles. The third kappa shape index (κ3) is 1.98. The van der Waals surface area contributed by atoms with Gasteiger partial charge in [0.15, 0.2) is 12.0 Å². The standard InChI is InChI=1S/C13H10O5/c1-17-10-4-2-3-9(13(15)16)12(10)11-6-5-8(7-14)18-11/h2-7H,1H3,(H,15,16). The molecule has 0 aliphatic heterocycles. The second-order valence-electron chi connectivity index (χ2n) is 3.51. The number of carboxylic acids is 1. The highest BCUT2D eigenvalue weighted by Crippen LogP contribution is 2.34. The SMILES string of the molecule is COc1cccc(C(=O)O)c1-c1ccc(C=O)o1. The van der Waals surface area contributed by atoms with Crippen LogP contribution in [0.1, 0.15) is 20.9 Å². The van der Waals surface area contributed by atoms with E-state index in [1.165, 1.54) is 25.3 Å². The largest absolute Gasteiger partial charge is 0.496 e. The van der Waals surface area contributed by atoms with Crippen molar-refractivity contribution in [2.75, 3.05) is 7.11 Å². The molecule has 0 atom stereocenters. The molecule has 0 unspecified atom stereocenters. The van der Waals surface area contributed by atoms with E-state index in [2.05, 4.69) is 0 Å². The Kier molecular flexibility index (Phi) is 3.14. The van der Waals surface area contributed by atoms with Gasteiger partial charge in [-0.3, -0.25) is 4.79 Å². The fraction of sp³-hybridized carbons (Fsp3) is 0.0769. The monoisotopic (exact) mass is 246 g/mol. The van der Waals surface area contributed by atoms with Crippen molar-refractivity contribution in [2.24, 2.45) is 0 Å². The van der Waals surface area contributed by atoms with E-state index >= 15 is 0 Å². The van der Waals surface area contributed by atoms with Crippen molar-refractivity contribution >= 4 is 12.3 Å². The maximum atomic E-state index is 11.2. The fourth-order valence-corrected chi connectivity index (χ4v) is 1.68. The van der Waals surface area contributed by atoms with Crippen molar-refractivity contribution in [1.29, 1.82) is 0 Å². The molecule has 18 heavy (non-hydrogen) atoms. The highest BCUT2D eigenvalue weighted by Gasteiger charge is 2.19. The summed E-state index contributed by atoms with van der Waals surface area (Å²) in [6, 6.07) is 7.66. The molecule has 0 saturated carbocycles. The Morgan fingerprint density at radius 2 is 2.11 bits per heavy atom. The van der Waals surface area contributed by atoms with Crippen LogP contribution in [0.3, 0.4) is 0 Å². The first-order chi connectivity index (χ1) is 8.67. The van der Waals surface area contributed by atoms with Crippen molar-refractivity contribution in [3.8, 4) is 17.1 Å². The number of ether oxygens (including phenoxy) is 1. The molecule has 92 valence electrons. The van der Waals surface area contributed by atoms with Crippen molar-refractivity contribution < 1.29 is 23.8 Å². The van der Waals surface area contributed by atoms with Gasteiger partial charge >= 0.3 is 5.97 Å². The number of furan rings is 1. The van der Waals surface area contributed by atoms with E-state index < -0.39 is 5.97 Å². The number of hydrogen-bond acceptors (Lipinski definition) is 4. The maximum absolute atomic E-state index is 11.2. The molecule has 5 nitrogen and oxygen atoms in total. The van der Waals surface area contributed by atoms with Crippen LogP contribution in [0.2, 0.25) is 0 Å². The predicted molar refractivity (Wildman–Crippen MR) is 63.0 cm³/mol. The summed E-state index contributed by atoms with van der Waals surface area (Å²) in [4.78, 5) is 21.8. The number of carbonyl (C=O) groups excluding carboxylic acids is 1. The Morgan fingerprint density at radius 3 is 2.67 bits per heavy atom. The first-order valence-electron chi connectivity index (χ1n) is 5.13. The van der Waals surface area contributed by atoms with Gasteiger partial charge in [-0.2, -0.15) is 0 Å². The van der Waals surface area contributed by atoms with Crippen LogP contribution < -0.4 is 4.74 Å². The van der Waals surface area contributed by atoms with Crippen molar-refractivity contribution in [1.82, 2.24) is 0 Å². The van der Waals surface area contributed by atoms with Crippen LogP contribution in [0.4, 0.5) is 0 Å². The van der Waals surface area contributed by atoms with Gasteiger partial charge in [-0.25, -0.2) is 4.79 Å². The number of carbonyl (C=O) groups is 2. The van der Waals surface area contributed by atoms with E-state index in [4.69, 9.17) is 14.3 Å². The molecule has 0 bridgehead atoms. The molecule has 1 aromatic heterocycles. The third-order valence-corrected chi connectivity index (χ3v) is 2.47. The molecule has 5 heteroatoms. The van der Waals surface area contributed by atoms with E-state index in [1.54, 1.807) is 12.1 Å². The second-order valence-corrected chi connectivity index (χ2v) is 3.51. The molecule has 0 fully saturated rings. The van der Waals surface area contributed by atoms with Gasteiger partial charge in [0.1, 0.15) is 11.5 Å². The van der Waals surface area contributed by atoms with Crippen LogP contribution in [0.25, 0.3) is 11.3 Å². The van der Waals surface area contributed by atoms with Crippen molar-refractivity contribution in [2.45, 2.75) is 0 Å². The zero-order valence-corrected chi connectivity index (χ0v) is 9.54. The summed E-state index contributed by atoms with van der Waals surface area (Å²) in [5, 5.41) is 9.14. The van der Waals surface area contributed by atoms with Gasteiger partial charge in [-0.05, 0) is 24.3 Å². The van der Waals surface area contributed by atoms with E-state index in [0.717, 1.165) is 0 Å². The number of benzene rings is 1. The minimum Gasteiger partial charge on any atom is -0.496 e. The summed E-state index contributed by atoms with van der Waals surface area (Å²) in [6.07, 6.45) is 0.555. The first-order valence-corrected chi connectivity index (χ1v) is 5.13. The Bertz CT molecular complexity index is 597. The highest BCUT2D eigenvalue weighted by molar-refractivity contribution is 5.97. The van der Waals surface area contributed by atoms with E-state index in [0.29, 0.717) is 17.6 Å². The summed E-state index contributed by atoms with van der Waals surface area (Å²) >= 11 is 0. The van der Waals surface area contributed by atoms with Crippen LogP contribution in [0.15, 0.2) is 34.7 Å². The summed E-state index contributed by atoms with van der Waals surface area (Å²) in [5.41, 5.74) is 0.377. The smallest absolute Gasteiger partial charge is 0.336 e. The zero-order valence-electron chi connectivity index (χ0n) is 9.54. The molecule has 0 aliphatic rings. The molecule has 0 saturated heterocycles. The summed E-state index contributed by atoms with van der Waals surface area (Å²) in [5.74, 6) is -0.297. The summed E-state index contributed by atoms with van der Waals surface area (Å²) < 4.78 is 10.4. The number of hydrogen-bond donors (Lipinski definition) is 1. The van der Waals surface area contributed by atoms with Gasteiger partial charge in [0, 0.05) is 0 Å². The molecule has 1 heterocycles. The topological polar surface area (TPSA) is 76.7 Å². The third-order valence-electron chi connectivity index (χ3n) is 2.47. The van der Waals surface area contributed by atoms with Gasteiger partial charge in [-0.1, -0.05) is 6.07 Å². The van der Waals surface area contributed by atoms with Crippen LogP contribution in [-0.4, -0.2) is 24.5 Å². The molecule has 0 radical (unpaired) electrons. The Morgan fingerprint density at radius 1 is 1.33 bits per heavy atom. The fourth-order valence-electron chi connectivity index (χ4n) is 1.68. The molecule has 2 aromatic rings. The molecular formula is C13H10O5. The number of aromatic carboxylic acids is 1. The molecule has 1 N–H and O–H groups in total. The van der Waals surface area contributed by atoms with Crippen molar-refractivity contribution in [3.05, 3.63) is 41.7 Å². The Hall–Kier alpha value is -2.56. The number of rotatable bonds is 4. The highest BCUT2D eigenvalue weighted by atomic mass is 16.5. The number of carboxylic acid groups (broad SMARTS) is 1. The lowest BCUT2D eigenvalue weighted by Crippen LogP contribution is -2.01. The van der Waals surface area contributed by atoms with Gasteiger partial charge in [0.2, 0.25) is 0 Å². The van der Waals surface area contributed by atoms with E-state index in [1.807, 2.05) is 0 Å². The predicted octanol–water partition coefficient (Wildman–Crippen LogP) is 2.47. The zero-order chi connectivity index (χ0) is 13.1. The lowest BCUT2D eigenvalue weighted by atomic mass is 10.0. The van der Waals surface area contributed by atoms with Gasteiger partial charge < -0.3 is 14.3 Å². The number of aldehydes is 1. The molecule has 0 amide bonds. The normalized spacial score (nSPS) is 10.1. The van der Waals surface area contributed by atoms with Gasteiger partial charge in [-0.15, -0.1) is 0 Å². The minimum absolute atomic E-state index is 0.0566. The lowest BCUT2D eigenvalue weighted by molar-refractivity contribution is 0.0697. The summed E-state index contributed by atoms with van der Waals surface area (Å²) in [7, 11) is 1.44. The van der Waals surface area contributed by atoms with Crippen LogP contribution in [0.5, 0.6) is 5.75 Å². The van der Waals surface area contributed by atoms with Gasteiger partial charge in [0.05, 0.1) is 18.2 Å². The average Bonchev–Trinajstić information content (AvgIpc) is 2.86. The second kappa shape index (κ2) is 4.75. The minimum atomic E-state index is -1.09. The first kappa shape index (κ1) is 11.9. The maximum Gasteiger partial charge on any atom is 0.336 e. The average molecular weight is 246 g/mol. The van der Waals surface area contributed by atoms with Gasteiger partial charge in [0.25, 0.3) is 0 Å².